The van der Waals surface area contributed by atoms with Gasteiger partial charge in [0.05, 0.1) is 11.0 Å². The average molecular weight is 426 g/mol. The zero-order valence-corrected chi connectivity index (χ0v) is 19.3. The number of anilines is 1. The third kappa shape index (κ3) is 4.59. The van der Waals surface area contributed by atoms with Gasteiger partial charge in [-0.2, -0.15) is 0 Å². The highest BCUT2D eigenvalue weighted by atomic mass is 16.2. The minimum Gasteiger partial charge on any atom is -0.318 e. The van der Waals surface area contributed by atoms with Crippen molar-refractivity contribution in [3.05, 3.63) is 95.8 Å². The summed E-state index contributed by atoms with van der Waals surface area (Å²) >= 11 is 0. The Morgan fingerprint density at radius 1 is 0.906 bits per heavy atom. The smallest absolute Gasteiger partial charge is 0.246 e. The van der Waals surface area contributed by atoms with Crippen molar-refractivity contribution in [2.45, 2.75) is 39.7 Å². The molecule has 0 fully saturated rings. The van der Waals surface area contributed by atoms with E-state index in [1.807, 2.05) is 61.6 Å². The van der Waals surface area contributed by atoms with Crippen molar-refractivity contribution in [3.63, 3.8) is 0 Å². The Hall–Kier alpha value is -3.40. The number of amides is 1. The van der Waals surface area contributed by atoms with Crippen LogP contribution in [0, 0.1) is 5.92 Å². The second-order valence-corrected chi connectivity index (χ2v) is 8.89. The maximum Gasteiger partial charge on any atom is 0.246 e. The zero-order chi connectivity index (χ0) is 22.7. The van der Waals surface area contributed by atoms with Gasteiger partial charge in [0, 0.05) is 18.7 Å². The highest BCUT2D eigenvalue weighted by molar-refractivity contribution is 5.93. The Balaban J connectivity index is 1.66. The second-order valence-electron chi connectivity index (χ2n) is 8.89. The third-order valence-electron chi connectivity index (χ3n) is 6.01. The molecule has 1 aromatic heterocycles. The van der Waals surface area contributed by atoms with Crippen molar-refractivity contribution < 1.29 is 4.79 Å². The first-order valence-corrected chi connectivity index (χ1v) is 11.3. The highest BCUT2D eigenvalue weighted by Crippen LogP contribution is 2.28. The van der Waals surface area contributed by atoms with Gasteiger partial charge in [0.15, 0.2) is 0 Å². The van der Waals surface area contributed by atoms with Crippen molar-refractivity contribution in [1.29, 1.82) is 0 Å². The summed E-state index contributed by atoms with van der Waals surface area (Å²) in [5.74, 6) is 1.65. The first kappa shape index (κ1) is 21.8. The monoisotopic (exact) mass is 425 g/mol. The number of para-hydroxylation sites is 3. The summed E-state index contributed by atoms with van der Waals surface area (Å²) in [7, 11) is 1.83. The van der Waals surface area contributed by atoms with Gasteiger partial charge in [0.25, 0.3) is 0 Å². The summed E-state index contributed by atoms with van der Waals surface area (Å²) in [6.07, 6.45) is 1.08. The Labute approximate surface area is 190 Å². The molecule has 0 aliphatic carbocycles. The molecule has 0 spiro atoms. The van der Waals surface area contributed by atoms with Crippen LogP contribution in [0.4, 0.5) is 5.69 Å². The first-order valence-electron chi connectivity index (χ1n) is 11.3. The Morgan fingerprint density at radius 3 is 2.25 bits per heavy atom. The standard InChI is InChI=1S/C28H31N3O/c1-20(2)18-22-14-16-23(17-15-22)21(3)28-29-25-12-8-9-13-26(25)31(28)19-27(32)30(4)24-10-6-5-7-11-24/h5-17,20-21H,18-19H2,1-4H3/t21-/m0/s1. The molecule has 0 N–H and O–H groups in total. The van der Waals surface area contributed by atoms with Gasteiger partial charge in [-0.15, -0.1) is 0 Å². The quantitative estimate of drug-likeness (QED) is 0.361. The summed E-state index contributed by atoms with van der Waals surface area (Å²) in [5, 5.41) is 0. The van der Waals surface area contributed by atoms with Gasteiger partial charge < -0.3 is 9.47 Å². The summed E-state index contributed by atoms with van der Waals surface area (Å²) in [6.45, 7) is 6.89. The van der Waals surface area contributed by atoms with Gasteiger partial charge in [-0.05, 0) is 47.7 Å². The van der Waals surface area contributed by atoms with Gasteiger partial charge in [0.1, 0.15) is 12.4 Å². The van der Waals surface area contributed by atoms with Crippen LogP contribution in [0.3, 0.4) is 0 Å². The highest BCUT2D eigenvalue weighted by Gasteiger charge is 2.21. The van der Waals surface area contributed by atoms with E-state index in [2.05, 4.69) is 49.6 Å². The molecule has 0 radical (unpaired) electrons. The molecule has 0 unspecified atom stereocenters. The van der Waals surface area contributed by atoms with E-state index in [4.69, 9.17) is 4.98 Å². The van der Waals surface area contributed by atoms with E-state index >= 15 is 0 Å². The maximum absolute atomic E-state index is 13.2. The molecule has 0 bridgehead atoms. The minimum absolute atomic E-state index is 0.0279. The number of fused-ring (bicyclic) bond motifs is 1. The molecular weight excluding hydrogens is 394 g/mol. The van der Waals surface area contributed by atoms with Crippen LogP contribution in [0.5, 0.6) is 0 Å². The molecule has 32 heavy (non-hydrogen) atoms. The number of hydrogen-bond donors (Lipinski definition) is 0. The Kier molecular flexibility index (Phi) is 6.40. The van der Waals surface area contributed by atoms with Gasteiger partial charge in [-0.1, -0.05) is 75.4 Å². The SMILES string of the molecule is CC(C)Cc1ccc([C@H](C)c2nc3ccccc3n2CC(=O)N(C)c2ccccc2)cc1. The number of benzene rings is 3. The molecule has 0 aliphatic heterocycles. The Morgan fingerprint density at radius 2 is 1.56 bits per heavy atom. The molecule has 1 amide bonds. The van der Waals surface area contributed by atoms with Crippen molar-refractivity contribution in [2.75, 3.05) is 11.9 Å². The number of imidazole rings is 1. The first-order chi connectivity index (χ1) is 15.4. The van der Waals surface area contributed by atoms with Crippen molar-refractivity contribution >= 4 is 22.6 Å². The number of carbonyl (C=O) groups excluding carboxylic acids is 1. The van der Waals surface area contributed by atoms with E-state index in [9.17, 15) is 4.79 Å². The number of hydrogen-bond acceptors (Lipinski definition) is 2. The van der Waals surface area contributed by atoms with Crippen molar-refractivity contribution in [3.8, 4) is 0 Å². The maximum atomic E-state index is 13.2. The molecule has 0 saturated heterocycles. The molecule has 3 aromatic carbocycles. The Bertz CT molecular complexity index is 1190. The van der Waals surface area contributed by atoms with Crippen LogP contribution in [-0.4, -0.2) is 22.5 Å². The van der Waals surface area contributed by atoms with Crippen LogP contribution in [0.1, 0.15) is 43.6 Å². The molecule has 4 aromatic rings. The molecule has 4 rings (SSSR count). The minimum atomic E-state index is 0.0279. The van der Waals surface area contributed by atoms with E-state index in [1.165, 1.54) is 11.1 Å². The number of carbonyl (C=O) groups is 1. The van der Waals surface area contributed by atoms with Crippen molar-refractivity contribution in [1.82, 2.24) is 9.55 Å². The van der Waals surface area contributed by atoms with Crippen LogP contribution in [0.15, 0.2) is 78.9 Å². The van der Waals surface area contributed by atoms with Gasteiger partial charge >= 0.3 is 0 Å². The van der Waals surface area contributed by atoms with Gasteiger partial charge in [0.2, 0.25) is 5.91 Å². The molecule has 1 atom stereocenters. The summed E-state index contributed by atoms with van der Waals surface area (Å²) < 4.78 is 2.07. The fourth-order valence-electron chi connectivity index (χ4n) is 4.19. The number of rotatable bonds is 7. The topological polar surface area (TPSA) is 38.1 Å². The lowest BCUT2D eigenvalue weighted by molar-refractivity contribution is -0.118. The molecule has 164 valence electrons. The summed E-state index contributed by atoms with van der Waals surface area (Å²) in [5.41, 5.74) is 5.35. The number of likely N-dealkylation sites (N-methyl/N-ethyl adjacent to an activating group) is 1. The fraction of sp³-hybridized carbons (Fsp3) is 0.286. The lowest BCUT2D eigenvalue weighted by atomic mass is 9.96. The lowest BCUT2D eigenvalue weighted by Gasteiger charge is -2.20. The van der Waals surface area contributed by atoms with Crippen LogP contribution >= 0.6 is 0 Å². The lowest BCUT2D eigenvalue weighted by Crippen LogP contribution is -2.30. The third-order valence-corrected chi connectivity index (χ3v) is 6.01. The molecule has 0 saturated carbocycles. The summed E-state index contributed by atoms with van der Waals surface area (Å²) in [6, 6.07) is 26.6. The fourth-order valence-corrected chi connectivity index (χ4v) is 4.19. The predicted molar refractivity (Wildman–Crippen MR) is 132 cm³/mol. The van der Waals surface area contributed by atoms with E-state index in [1.54, 1.807) is 4.90 Å². The van der Waals surface area contributed by atoms with Crippen LogP contribution in [0.25, 0.3) is 11.0 Å². The second kappa shape index (κ2) is 9.39. The summed E-state index contributed by atoms with van der Waals surface area (Å²) in [4.78, 5) is 19.8. The number of nitrogens with zero attached hydrogens (tertiary/aromatic N) is 3. The zero-order valence-electron chi connectivity index (χ0n) is 19.3. The van der Waals surface area contributed by atoms with Crippen LogP contribution in [-0.2, 0) is 17.8 Å². The molecule has 4 nitrogen and oxygen atoms in total. The van der Waals surface area contributed by atoms with E-state index < -0.39 is 0 Å². The van der Waals surface area contributed by atoms with E-state index in [-0.39, 0.29) is 18.4 Å². The van der Waals surface area contributed by atoms with Gasteiger partial charge in [-0.3, -0.25) is 4.79 Å². The van der Waals surface area contributed by atoms with E-state index in [0.29, 0.717) is 5.92 Å². The van der Waals surface area contributed by atoms with Crippen LogP contribution in [0.2, 0.25) is 0 Å². The largest absolute Gasteiger partial charge is 0.318 e. The van der Waals surface area contributed by atoms with Crippen LogP contribution < -0.4 is 4.90 Å². The predicted octanol–water partition coefficient (Wildman–Crippen LogP) is 6.05. The van der Waals surface area contributed by atoms with E-state index in [0.717, 1.165) is 29.0 Å². The average Bonchev–Trinajstić information content (AvgIpc) is 3.17. The molecule has 0 aliphatic rings. The molecule has 4 heteroatoms. The van der Waals surface area contributed by atoms with Gasteiger partial charge in [-0.25, -0.2) is 4.98 Å². The molecular formula is C28H31N3O. The number of aromatic nitrogens is 2. The molecule has 1 heterocycles. The normalized spacial score (nSPS) is 12.3. The van der Waals surface area contributed by atoms with Crippen molar-refractivity contribution in [2.24, 2.45) is 5.92 Å².